The molecule has 0 unspecified atom stereocenters. The van der Waals surface area contributed by atoms with Crippen LogP contribution in [-0.4, -0.2) is 106 Å². The zero-order valence-corrected chi connectivity index (χ0v) is 29.8. The van der Waals surface area contributed by atoms with Gasteiger partial charge in [-0.1, -0.05) is 27.2 Å². The van der Waals surface area contributed by atoms with Crippen molar-refractivity contribution in [2.75, 3.05) is 59.4 Å². The average molecular weight is 575 g/mol. The van der Waals surface area contributed by atoms with Crippen LogP contribution in [0.3, 0.4) is 0 Å². The first-order valence-electron chi connectivity index (χ1n) is 16.5. The summed E-state index contributed by atoms with van der Waals surface area (Å²) in [6.07, 6.45) is 11.9. The van der Waals surface area contributed by atoms with Gasteiger partial charge in [-0.3, -0.25) is 14.7 Å². The summed E-state index contributed by atoms with van der Waals surface area (Å²) in [5, 5.41) is 0. The minimum Gasteiger partial charge on any atom is -0.305 e. The van der Waals surface area contributed by atoms with Crippen molar-refractivity contribution in [2.24, 2.45) is 0 Å². The van der Waals surface area contributed by atoms with E-state index < -0.39 is 0 Å². The number of likely N-dealkylation sites (N-methyl/N-ethyl adjacent to an activating group) is 1. The molecule has 4 rings (SSSR count). The Hall–Kier alpha value is -1.08. The fraction of sp³-hybridized carbons (Fsp3) is 0.886. The monoisotopic (exact) mass is 575 g/mol. The SMILES string of the molecule is CC(C)(C)N1CCCC1.CC(C)(C)N1CCCCC1.CC(C)(C)c1ncccn1.CN1CCCN(C(C)(C)C)CC1. The lowest BCUT2D eigenvalue weighted by Crippen LogP contribution is -2.44. The Balaban J connectivity index is 0.000000275. The predicted octanol–water partition coefficient (Wildman–Crippen LogP) is 7.35. The normalized spacial score (nSPS) is 20.5. The van der Waals surface area contributed by atoms with Crippen LogP contribution in [-0.2, 0) is 5.41 Å². The smallest absolute Gasteiger partial charge is 0.133 e. The van der Waals surface area contributed by atoms with E-state index in [1.807, 2.05) is 6.07 Å². The van der Waals surface area contributed by atoms with Gasteiger partial charge in [0.15, 0.2) is 0 Å². The van der Waals surface area contributed by atoms with Gasteiger partial charge in [-0.2, -0.15) is 0 Å². The first-order chi connectivity index (χ1) is 18.8. The van der Waals surface area contributed by atoms with Crippen LogP contribution in [0.15, 0.2) is 18.5 Å². The third kappa shape index (κ3) is 16.4. The largest absolute Gasteiger partial charge is 0.305 e. The zero-order valence-electron chi connectivity index (χ0n) is 29.8. The molecule has 3 aliphatic heterocycles. The number of nitrogens with zero attached hydrogens (tertiary/aromatic N) is 6. The highest BCUT2D eigenvalue weighted by atomic mass is 15.2. The van der Waals surface area contributed by atoms with Crippen LogP contribution in [0.4, 0.5) is 0 Å². The van der Waals surface area contributed by atoms with E-state index in [1.54, 1.807) is 12.4 Å². The Bertz CT molecular complexity index is 785. The first-order valence-corrected chi connectivity index (χ1v) is 16.5. The van der Waals surface area contributed by atoms with Crippen molar-refractivity contribution in [2.45, 2.75) is 144 Å². The summed E-state index contributed by atoms with van der Waals surface area (Å²) in [6, 6.07) is 1.83. The van der Waals surface area contributed by atoms with Crippen molar-refractivity contribution in [3.8, 4) is 0 Å². The van der Waals surface area contributed by atoms with Crippen LogP contribution in [0.5, 0.6) is 0 Å². The Morgan fingerprint density at radius 1 is 0.463 bits per heavy atom. The molecule has 1 aromatic heterocycles. The number of piperidine rings is 1. The molecule has 0 amide bonds. The molecule has 0 spiro atoms. The Kier molecular flexibility index (Phi) is 16.0. The second-order valence-electron chi connectivity index (χ2n) is 16.2. The zero-order chi connectivity index (χ0) is 31.3. The number of hydrogen-bond acceptors (Lipinski definition) is 6. The van der Waals surface area contributed by atoms with E-state index in [2.05, 4.69) is 120 Å². The summed E-state index contributed by atoms with van der Waals surface area (Å²) < 4.78 is 0. The van der Waals surface area contributed by atoms with Gasteiger partial charge in [0.2, 0.25) is 0 Å². The lowest BCUT2D eigenvalue weighted by Gasteiger charge is -2.38. The van der Waals surface area contributed by atoms with E-state index in [9.17, 15) is 0 Å². The van der Waals surface area contributed by atoms with Crippen molar-refractivity contribution >= 4 is 0 Å². The van der Waals surface area contributed by atoms with E-state index in [0.29, 0.717) is 16.6 Å². The van der Waals surface area contributed by atoms with Gasteiger partial charge in [0.1, 0.15) is 5.82 Å². The highest BCUT2D eigenvalue weighted by molar-refractivity contribution is 5.00. The molecule has 0 radical (unpaired) electrons. The van der Waals surface area contributed by atoms with Crippen LogP contribution in [0, 0.1) is 0 Å². The third-order valence-corrected chi connectivity index (χ3v) is 8.26. The van der Waals surface area contributed by atoms with E-state index in [0.717, 1.165) is 5.82 Å². The summed E-state index contributed by atoms with van der Waals surface area (Å²) in [6.45, 7) is 37.2. The standard InChI is InChI=1S/C10H22N2.C9H19N.C8H12N2.C8H17N/c1-10(2,3)12-7-5-6-11(4)8-9-12;1-9(2,3)10-7-5-4-6-8-10;1-8(2,3)7-9-5-4-6-10-7;1-8(2,3)9-6-4-5-7-9/h5-9H2,1-4H3;4-8H2,1-3H3;4-6H,1-3H3;4-7H2,1-3H3. The van der Waals surface area contributed by atoms with Gasteiger partial charge in [-0.25, -0.2) is 9.97 Å². The summed E-state index contributed by atoms with van der Waals surface area (Å²) >= 11 is 0. The molecule has 0 aromatic carbocycles. The summed E-state index contributed by atoms with van der Waals surface area (Å²) in [5.41, 5.74) is 1.24. The number of rotatable bonds is 0. The Morgan fingerprint density at radius 2 is 0.829 bits per heavy atom. The maximum absolute atomic E-state index is 4.14. The van der Waals surface area contributed by atoms with E-state index in [4.69, 9.17) is 0 Å². The van der Waals surface area contributed by atoms with Crippen molar-refractivity contribution in [3.05, 3.63) is 24.3 Å². The molecular weight excluding hydrogens is 504 g/mol. The summed E-state index contributed by atoms with van der Waals surface area (Å²) in [7, 11) is 2.21. The fourth-order valence-corrected chi connectivity index (χ4v) is 5.36. The van der Waals surface area contributed by atoms with Crippen LogP contribution in [0.1, 0.15) is 127 Å². The molecule has 0 aliphatic carbocycles. The van der Waals surface area contributed by atoms with E-state index in [-0.39, 0.29) is 5.41 Å². The average Bonchev–Trinajstić information content (AvgIpc) is 3.34. The van der Waals surface area contributed by atoms with Gasteiger partial charge in [0.05, 0.1) is 0 Å². The molecule has 4 heterocycles. The van der Waals surface area contributed by atoms with Gasteiger partial charge in [-0.15, -0.1) is 0 Å². The van der Waals surface area contributed by atoms with Crippen LogP contribution in [0.2, 0.25) is 0 Å². The quantitative estimate of drug-likeness (QED) is 0.323. The fourth-order valence-electron chi connectivity index (χ4n) is 5.36. The maximum atomic E-state index is 4.14. The highest BCUT2D eigenvalue weighted by Crippen LogP contribution is 2.20. The predicted molar refractivity (Wildman–Crippen MR) is 180 cm³/mol. The highest BCUT2D eigenvalue weighted by Gasteiger charge is 2.24. The van der Waals surface area contributed by atoms with Crippen molar-refractivity contribution < 1.29 is 0 Å². The molecule has 0 bridgehead atoms. The topological polar surface area (TPSA) is 38.7 Å². The van der Waals surface area contributed by atoms with Crippen molar-refractivity contribution in [1.82, 2.24) is 29.6 Å². The summed E-state index contributed by atoms with van der Waals surface area (Å²) in [5.74, 6) is 0.898. The third-order valence-electron chi connectivity index (χ3n) is 8.26. The van der Waals surface area contributed by atoms with Crippen molar-refractivity contribution in [3.63, 3.8) is 0 Å². The molecule has 1 aromatic rings. The Labute approximate surface area is 256 Å². The van der Waals surface area contributed by atoms with Gasteiger partial charge >= 0.3 is 0 Å². The first kappa shape index (κ1) is 37.9. The molecule has 240 valence electrons. The molecule has 6 heteroatoms. The minimum atomic E-state index is 0.0707. The summed E-state index contributed by atoms with van der Waals surface area (Å²) in [4.78, 5) is 18.4. The lowest BCUT2D eigenvalue weighted by molar-refractivity contribution is 0.111. The number of aromatic nitrogens is 2. The molecular formula is C35H70N6. The molecule has 0 saturated carbocycles. The van der Waals surface area contributed by atoms with Gasteiger partial charge < -0.3 is 4.90 Å². The Morgan fingerprint density at radius 3 is 1.17 bits per heavy atom. The van der Waals surface area contributed by atoms with Crippen molar-refractivity contribution in [1.29, 1.82) is 0 Å². The maximum Gasteiger partial charge on any atom is 0.133 e. The van der Waals surface area contributed by atoms with Crippen LogP contribution >= 0.6 is 0 Å². The minimum absolute atomic E-state index is 0.0707. The molecule has 3 fully saturated rings. The van der Waals surface area contributed by atoms with Gasteiger partial charge in [0.25, 0.3) is 0 Å². The lowest BCUT2D eigenvalue weighted by atomic mass is 9.96. The molecule has 0 atom stereocenters. The molecule has 6 nitrogen and oxygen atoms in total. The molecule has 0 N–H and O–H groups in total. The number of likely N-dealkylation sites (tertiary alicyclic amines) is 2. The molecule has 3 saturated heterocycles. The van der Waals surface area contributed by atoms with Gasteiger partial charge in [0, 0.05) is 47.5 Å². The van der Waals surface area contributed by atoms with Crippen LogP contribution < -0.4 is 0 Å². The number of hydrogen-bond donors (Lipinski definition) is 0. The van der Waals surface area contributed by atoms with E-state index >= 15 is 0 Å². The second-order valence-corrected chi connectivity index (χ2v) is 16.2. The molecule has 41 heavy (non-hydrogen) atoms. The van der Waals surface area contributed by atoms with Gasteiger partial charge in [-0.05, 0) is 147 Å². The van der Waals surface area contributed by atoms with Crippen LogP contribution in [0.25, 0.3) is 0 Å². The second kappa shape index (κ2) is 17.3. The molecule has 3 aliphatic rings. The van der Waals surface area contributed by atoms with E-state index in [1.165, 1.54) is 90.9 Å².